The van der Waals surface area contributed by atoms with Crippen LogP contribution in [0.25, 0.3) is 0 Å². The van der Waals surface area contributed by atoms with Gasteiger partial charge in [0.15, 0.2) is 6.54 Å². The van der Waals surface area contributed by atoms with Gasteiger partial charge in [-0.1, -0.05) is 38.1 Å². The number of nitrogens with zero attached hydrogens (tertiary/aromatic N) is 2. The second-order valence-electron chi connectivity index (χ2n) is 7.80. The summed E-state index contributed by atoms with van der Waals surface area (Å²) in [7, 11) is 1.68. The van der Waals surface area contributed by atoms with E-state index in [1.807, 2.05) is 35.2 Å². The number of benzene rings is 2. The van der Waals surface area contributed by atoms with Gasteiger partial charge in [-0.25, -0.2) is 4.39 Å². The van der Waals surface area contributed by atoms with E-state index in [-0.39, 0.29) is 17.8 Å². The maximum absolute atomic E-state index is 13.2. The first-order valence-electron chi connectivity index (χ1n) is 10.2. The van der Waals surface area contributed by atoms with E-state index in [0.29, 0.717) is 25.6 Å². The third-order valence-electron chi connectivity index (χ3n) is 5.58. The minimum atomic E-state index is -0.236. The molecular weight excluding hydrogens is 369 g/mol. The number of halogens is 1. The van der Waals surface area contributed by atoms with Crippen LogP contribution in [0.3, 0.4) is 0 Å². The Hall–Kier alpha value is -2.60. The summed E-state index contributed by atoms with van der Waals surface area (Å²) in [5.74, 6) is 1.12. The van der Waals surface area contributed by atoms with Gasteiger partial charge in [-0.3, -0.25) is 4.79 Å². The summed E-state index contributed by atoms with van der Waals surface area (Å²) in [5.41, 5.74) is 2.13. The van der Waals surface area contributed by atoms with E-state index in [9.17, 15) is 9.18 Å². The molecule has 5 nitrogen and oxygen atoms in total. The van der Waals surface area contributed by atoms with Crippen molar-refractivity contribution in [2.75, 3.05) is 44.7 Å². The van der Waals surface area contributed by atoms with Crippen LogP contribution in [0.4, 0.5) is 10.1 Å². The lowest BCUT2D eigenvalue weighted by atomic mass is 9.96. The standard InChI is InChI=1S/C23H30FN3O2/c1-17(2)23(18-8-10-19(24)11-9-18)25-16-22(28)27-14-12-26(13-15-27)20-6-4-5-7-21(20)29-3/h4-11,17,23,25H,12-16H2,1-3H3/p+1/t23-/m1/s1. The van der Waals surface area contributed by atoms with Gasteiger partial charge in [-0.15, -0.1) is 0 Å². The number of methoxy groups -OCH3 is 1. The number of quaternary nitrogens is 1. The lowest BCUT2D eigenvalue weighted by Gasteiger charge is -2.36. The van der Waals surface area contributed by atoms with Crippen LogP contribution >= 0.6 is 0 Å². The van der Waals surface area contributed by atoms with Crippen LogP contribution in [-0.2, 0) is 4.79 Å². The average Bonchev–Trinajstić information content (AvgIpc) is 2.75. The van der Waals surface area contributed by atoms with Crippen LogP contribution in [0.15, 0.2) is 48.5 Å². The van der Waals surface area contributed by atoms with Crippen molar-refractivity contribution in [2.24, 2.45) is 5.92 Å². The van der Waals surface area contributed by atoms with Gasteiger partial charge in [-0.05, 0) is 24.3 Å². The fraction of sp³-hybridized carbons (Fsp3) is 0.435. The molecule has 0 aliphatic carbocycles. The van der Waals surface area contributed by atoms with Crippen molar-refractivity contribution in [3.05, 3.63) is 59.9 Å². The van der Waals surface area contributed by atoms with Gasteiger partial charge in [0.05, 0.1) is 12.8 Å². The lowest BCUT2D eigenvalue weighted by Crippen LogP contribution is -2.88. The number of anilines is 1. The zero-order valence-corrected chi connectivity index (χ0v) is 17.5. The summed E-state index contributed by atoms with van der Waals surface area (Å²) < 4.78 is 18.7. The van der Waals surface area contributed by atoms with Crippen LogP contribution in [0.1, 0.15) is 25.5 Å². The monoisotopic (exact) mass is 400 g/mol. The smallest absolute Gasteiger partial charge is 0.277 e. The molecular formula is C23H31FN3O2+. The third-order valence-corrected chi connectivity index (χ3v) is 5.58. The number of rotatable bonds is 7. The molecule has 2 aromatic rings. The van der Waals surface area contributed by atoms with E-state index in [2.05, 4.69) is 30.1 Å². The zero-order valence-electron chi connectivity index (χ0n) is 17.5. The molecule has 1 aliphatic rings. The van der Waals surface area contributed by atoms with Gasteiger partial charge in [0.25, 0.3) is 5.91 Å². The van der Waals surface area contributed by atoms with Crippen molar-refractivity contribution in [1.82, 2.24) is 4.90 Å². The van der Waals surface area contributed by atoms with Gasteiger partial charge in [0.1, 0.15) is 17.6 Å². The van der Waals surface area contributed by atoms with Gasteiger partial charge < -0.3 is 19.9 Å². The summed E-state index contributed by atoms with van der Waals surface area (Å²) >= 11 is 0. The molecule has 0 spiro atoms. The second-order valence-corrected chi connectivity index (χ2v) is 7.80. The van der Waals surface area contributed by atoms with E-state index >= 15 is 0 Å². The van der Waals surface area contributed by atoms with Crippen LogP contribution in [-0.4, -0.2) is 50.6 Å². The Morgan fingerprint density at radius 2 is 1.72 bits per heavy atom. The summed E-state index contributed by atoms with van der Waals surface area (Å²) in [5, 5.41) is 2.08. The van der Waals surface area contributed by atoms with Gasteiger partial charge in [0.2, 0.25) is 0 Å². The van der Waals surface area contributed by atoms with Crippen molar-refractivity contribution in [1.29, 1.82) is 0 Å². The van der Waals surface area contributed by atoms with Gasteiger partial charge in [-0.2, -0.15) is 0 Å². The fourth-order valence-corrected chi connectivity index (χ4v) is 3.92. The summed E-state index contributed by atoms with van der Waals surface area (Å²) in [4.78, 5) is 17.0. The van der Waals surface area contributed by atoms with Crippen LogP contribution in [0.5, 0.6) is 5.75 Å². The molecule has 0 aromatic heterocycles. The van der Waals surface area contributed by atoms with Crippen LogP contribution < -0.4 is 15.0 Å². The van der Waals surface area contributed by atoms with E-state index in [0.717, 1.165) is 30.1 Å². The molecule has 1 aliphatic heterocycles. The minimum Gasteiger partial charge on any atom is -0.495 e. The van der Waals surface area contributed by atoms with Crippen molar-refractivity contribution in [3.8, 4) is 5.75 Å². The number of ether oxygens (including phenoxy) is 1. The molecule has 0 saturated carbocycles. The predicted octanol–water partition coefficient (Wildman–Crippen LogP) is 2.44. The first-order chi connectivity index (χ1) is 14.0. The van der Waals surface area contributed by atoms with Gasteiger partial charge >= 0.3 is 0 Å². The van der Waals surface area contributed by atoms with Crippen molar-refractivity contribution < 1.29 is 19.2 Å². The maximum Gasteiger partial charge on any atom is 0.277 e. The van der Waals surface area contributed by atoms with E-state index in [4.69, 9.17) is 4.74 Å². The number of carbonyl (C=O) groups is 1. The van der Waals surface area contributed by atoms with E-state index in [1.165, 1.54) is 12.1 Å². The number of nitrogens with two attached hydrogens (primary N) is 1. The SMILES string of the molecule is COc1ccccc1N1CCN(C(=O)C[NH2+][C@@H](c2ccc(F)cc2)C(C)C)CC1. The first-order valence-corrected chi connectivity index (χ1v) is 10.2. The summed E-state index contributed by atoms with van der Waals surface area (Å²) in [6.45, 7) is 7.63. The number of hydrogen-bond donors (Lipinski definition) is 1. The first kappa shape index (κ1) is 21.1. The molecule has 2 N–H and O–H groups in total. The van der Waals surface area contributed by atoms with Crippen LogP contribution in [0, 0.1) is 11.7 Å². The molecule has 2 aromatic carbocycles. The molecule has 1 fully saturated rings. The Bertz CT molecular complexity index is 802. The highest BCUT2D eigenvalue weighted by molar-refractivity contribution is 5.77. The highest BCUT2D eigenvalue weighted by Gasteiger charge is 2.26. The largest absolute Gasteiger partial charge is 0.495 e. The van der Waals surface area contributed by atoms with Crippen LogP contribution in [0.2, 0.25) is 0 Å². The second kappa shape index (κ2) is 9.74. The predicted molar refractivity (Wildman–Crippen MR) is 113 cm³/mol. The highest BCUT2D eigenvalue weighted by Crippen LogP contribution is 2.28. The van der Waals surface area contributed by atoms with E-state index in [1.54, 1.807) is 7.11 Å². The third kappa shape index (κ3) is 5.26. The molecule has 156 valence electrons. The van der Waals surface area contributed by atoms with E-state index < -0.39 is 0 Å². The molecule has 29 heavy (non-hydrogen) atoms. The number of para-hydroxylation sites is 2. The Morgan fingerprint density at radius 3 is 2.34 bits per heavy atom. The number of hydrogen-bond acceptors (Lipinski definition) is 3. The quantitative estimate of drug-likeness (QED) is 0.777. The molecule has 0 bridgehead atoms. The zero-order chi connectivity index (χ0) is 20.8. The lowest BCUT2D eigenvalue weighted by molar-refractivity contribution is -0.692. The van der Waals surface area contributed by atoms with Crippen molar-refractivity contribution in [3.63, 3.8) is 0 Å². The number of carbonyl (C=O) groups excluding carboxylic acids is 1. The average molecular weight is 401 g/mol. The molecule has 1 amide bonds. The Balaban J connectivity index is 1.54. The van der Waals surface area contributed by atoms with Crippen molar-refractivity contribution in [2.45, 2.75) is 19.9 Å². The molecule has 0 unspecified atom stereocenters. The maximum atomic E-state index is 13.2. The number of piperazine rings is 1. The normalized spacial score (nSPS) is 15.5. The van der Waals surface area contributed by atoms with Gasteiger partial charge in [0, 0.05) is 37.7 Å². The Labute approximate surface area is 172 Å². The fourth-order valence-electron chi connectivity index (χ4n) is 3.92. The summed E-state index contributed by atoms with van der Waals surface area (Å²) in [6, 6.07) is 14.7. The Kier molecular flexibility index (Phi) is 7.09. The van der Waals surface area contributed by atoms with Crippen molar-refractivity contribution >= 4 is 11.6 Å². The molecule has 1 atom stereocenters. The molecule has 6 heteroatoms. The summed E-state index contributed by atoms with van der Waals surface area (Å²) in [6.07, 6.45) is 0. The number of amides is 1. The Morgan fingerprint density at radius 1 is 1.07 bits per heavy atom. The minimum absolute atomic E-state index is 0.134. The molecule has 1 saturated heterocycles. The molecule has 1 heterocycles. The highest BCUT2D eigenvalue weighted by atomic mass is 19.1. The molecule has 0 radical (unpaired) electrons. The topological polar surface area (TPSA) is 49.4 Å². The molecule has 3 rings (SSSR count).